The van der Waals surface area contributed by atoms with Crippen molar-refractivity contribution >= 4 is 11.8 Å². The van der Waals surface area contributed by atoms with Crippen LogP contribution in [-0.4, -0.2) is 29.2 Å². The molecule has 24 heavy (non-hydrogen) atoms. The first-order valence-corrected chi connectivity index (χ1v) is 8.27. The second kappa shape index (κ2) is 6.95. The number of carbonyl (C=O) groups excluding carboxylic acids is 1. The second-order valence-corrected chi connectivity index (χ2v) is 6.30. The lowest BCUT2D eigenvalue weighted by Crippen LogP contribution is -2.35. The second-order valence-electron chi connectivity index (χ2n) is 6.30. The highest BCUT2D eigenvalue weighted by molar-refractivity contribution is 5.69. The number of aryl methyl sites for hydroxylation is 1. The van der Waals surface area contributed by atoms with Crippen molar-refractivity contribution in [2.75, 3.05) is 12.8 Å². The van der Waals surface area contributed by atoms with E-state index in [1.807, 2.05) is 19.1 Å². The van der Waals surface area contributed by atoms with Gasteiger partial charge in [-0.05, 0) is 44.0 Å². The van der Waals surface area contributed by atoms with Gasteiger partial charge in [-0.2, -0.15) is 0 Å². The third-order valence-electron chi connectivity index (χ3n) is 4.66. The van der Waals surface area contributed by atoms with Crippen LogP contribution in [0.1, 0.15) is 36.9 Å². The first-order valence-electron chi connectivity index (χ1n) is 8.27. The van der Waals surface area contributed by atoms with Crippen LogP contribution in [-0.2, 0) is 11.3 Å². The van der Waals surface area contributed by atoms with Gasteiger partial charge >= 0.3 is 6.09 Å². The van der Waals surface area contributed by atoms with Crippen molar-refractivity contribution in [3.8, 4) is 11.3 Å². The number of benzene rings is 1. The van der Waals surface area contributed by atoms with Gasteiger partial charge in [-0.15, -0.1) is 0 Å². The van der Waals surface area contributed by atoms with Crippen LogP contribution >= 0.6 is 0 Å². The molecule has 0 unspecified atom stereocenters. The molecule has 0 saturated heterocycles. The number of rotatable bonds is 4. The van der Waals surface area contributed by atoms with Crippen molar-refractivity contribution in [1.82, 2.24) is 10.1 Å². The Hall–Kier alpha value is -2.50. The Labute approximate surface area is 141 Å². The molecule has 3 rings (SSSR count). The molecule has 0 radical (unpaired) electrons. The van der Waals surface area contributed by atoms with Crippen LogP contribution in [0.5, 0.6) is 0 Å². The van der Waals surface area contributed by atoms with Gasteiger partial charge in [-0.1, -0.05) is 18.0 Å². The predicted octanol–water partition coefficient (Wildman–Crippen LogP) is 3.74. The van der Waals surface area contributed by atoms with Gasteiger partial charge in [-0.25, -0.2) is 4.79 Å². The van der Waals surface area contributed by atoms with E-state index >= 15 is 0 Å². The van der Waals surface area contributed by atoms with E-state index in [2.05, 4.69) is 5.16 Å². The van der Waals surface area contributed by atoms with Crippen molar-refractivity contribution in [2.45, 2.75) is 45.3 Å². The van der Waals surface area contributed by atoms with E-state index in [0.717, 1.165) is 29.7 Å². The fraction of sp³-hybridized carbons (Fsp3) is 0.444. The Morgan fingerprint density at radius 2 is 2.00 bits per heavy atom. The maximum Gasteiger partial charge on any atom is 0.410 e. The fourth-order valence-electron chi connectivity index (χ4n) is 3.10. The fourth-order valence-corrected chi connectivity index (χ4v) is 3.10. The molecule has 1 aliphatic carbocycles. The van der Waals surface area contributed by atoms with Crippen molar-refractivity contribution in [3.05, 3.63) is 35.5 Å². The number of hydrogen-bond acceptors (Lipinski definition) is 5. The molecular weight excluding hydrogens is 306 g/mol. The van der Waals surface area contributed by atoms with Gasteiger partial charge in [0.25, 0.3) is 0 Å². The van der Waals surface area contributed by atoms with Crippen LogP contribution in [0.3, 0.4) is 0 Å². The molecule has 6 heteroatoms. The summed E-state index contributed by atoms with van der Waals surface area (Å²) in [5.74, 6) is 0.615. The predicted molar refractivity (Wildman–Crippen MR) is 91.3 cm³/mol. The largest absolute Gasteiger partial charge is 0.444 e. The minimum Gasteiger partial charge on any atom is -0.444 e. The van der Waals surface area contributed by atoms with Gasteiger partial charge in [-0.3, -0.25) is 0 Å². The molecule has 2 aromatic rings. The van der Waals surface area contributed by atoms with Crippen molar-refractivity contribution in [2.24, 2.45) is 0 Å². The maximum atomic E-state index is 12.3. The number of aromatic nitrogens is 1. The van der Waals surface area contributed by atoms with Crippen molar-refractivity contribution < 1.29 is 14.1 Å². The van der Waals surface area contributed by atoms with E-state index in [4.69, 9.17) is 15.0 Å². The van der Waals surface area contributed by atoms with Gasteiger partial charge in [0.1, 0.15) is 6.61 Å². The first kappa shape index (κ1) is 16.4. The van der Waals surface area contributed by atoms with Crippen LogP contribution in [0.25, 0.3) is 11.3 Å². The summed E-state index contributed by atoms with van der Waals surface area (Å²) < 4.78 is 10.9. The molecule has 0 atom stereocenters. The smallest absolute Gasteiger partial charge is 0.410 e. The summed E-state index contributed by atoms with van der Waals surface area (Å²) >= 11 is 0. The Bertz CT molecular complexity index is 703. The Morgan fingerprint density at radius 3 is 2.67 bits per heavy atom. The highest BCUT2D eigenvalue weighted by Gasteiger charge is 2.25. The van der Waals surface area contributed by atoms with Gasteiger partial charge < -0.3 is 19.9 Å². The molecule has 1 amide bonds. The molecular formula is C18H23N3O3. The Morgan fingerprint density at radius 1 is 1.33 bits per heavy atom. The summed E-state index contributed by atoms with van der Waals surface area (Å²) in [4.78, 5) is 14.0. The molecule has 6 nitrogen and oxygen atoms in total. The number of nitrogen functional groups attached to an aromatic ring is 1. The standard InChI is InChI=1S/C18H23N3O3/c1-12-16(11-23-18(22)21(2)15-5-3-4-6-15)17(24-20-12)13-7-9-14(19)10-8-13/h7-10,15H,3-6,11,19H2,1-2H3. The molecule has 1 aromatic heterocycles. The van der Waals surface area contributed by atoms with E-state index in [9.17, 15) is 4.79 Å². The summed E-state index contributed by atoms with van der Waals surface area (Å²) in [6, 6.07) is 7.63. The summed E-state index contributed by atoms with van der Waals surface area (Å²) in [7, 11) is 1.81. The monoisotopic (exact) mass is 329 g/mol. The zero-order valence-electron chi connectivity index (χ0n) is 14.1. The number of carbonyl (C=O) groups is 1. The van der Waals surface area contributed by atoms with Crippen LogP contribution in [0.15, 0.2) is 28.8 Å². The molecule has 1 saturated carbocycles. The van der Waals surface area contributed by atoms with Gasteiger partial charge in [0.05, 0.1) is 11.3 Å². The minimum absolute atomic E-state index is 0.144. The third kappa shape index (κ3) is 3.37. The molecule has 2 N–H and O–H groups in total. The summed E-state index contributed by atoms with van der Waals surface area (Å²) in [6.45, 7) is 1.99. The van der Waals surface area contributed by atoms with Crippen LogP contribution < -0.4 is 5.73 Å². The quantitative estimate of drug-likeness (QED) is 0.864. The van der Waals surface area contributed by atoms with E-state index < -0.39 is 0 Å². The lowest BCUT2D eigenvalue weighted by molar-refractivity contribution is 0.0917. The number of anilines is 1. The summed E-state index contributed by atoms with van der Waals surface area (Å²) in [6.07, 6.45) is 4.15. The van der Waals surface area contributed by atoms with E-state index in [0.29, 0.717) is 11.4 Å². The number of nitrogens with two attached hydrogens (primary N) is 1. The first-order chi connectivity index (χ1) is 11.6. The highest BCUT2D eigenvalue weighted by atomic mass is 16.6. The molecule has 1 heterocycles. The number of amides is 1. The van der Waals surface area contributed by atoms with Crippen LogP contribution in [0.4, 0.5) is 10.5 Å². The summed E-state index contributed by atoms with van der Waals surface area (Å²) in [5, 5.41) is 4.00. The summed E-state index contributed by atoms with van der Waals surface area (Å²) in [5.41, 5.74) is 8.77. The number of hydrogen-bond donors (Lipinski definition) is 1. The maximum absolute atomic E-state index is 12.3. The van der Waals surface area contributed by atoms with E-state index in [1.165, 1.54) is 12.8 Å². The molecule has 0 aliphatic heterocycles. The normalized spacial score (nSPS) is 14.8. The zero-order chi connectivity index (χ0) is 17.1. The van der Waals surface area contributed by atoms with Gasteiger partial charge in [0, 0.05) is 24.3 Å². The van der Waals surface area contributed by atoms with Crippen molar-refractivity contribution in [3.63, 3.8) is 0 Å². The Kier molecular flexibility index (Phi) is 4.74. The minimum atomic E-state index is -0.300. The lowest BCUT2D eigenvalue weighted by Gasteiger charge is -2.23. The van der Waals surface area contributed by atoms with E-state index in [1.54, 1.807) is 24.1 Å². The molecule has 128 valence electrons. The molecule has 0 spiro atoms. The van der Waals surface area contributed by atoms with E-state index in [-0.39, 0.29) is 18.7 Å². The molecule has 1 aromatic carbocycles. The SMILES string of the molecule is Cc1noc(-c2ccc(N)cc2)c1COC(=O)N(C)C1CCCC1. The zero-order valence-corrected chi connectivity index (χ0v) is 14.1. The van der Waals surface area contributed by atoms with Crippen molar-refractivity contribution in [1.29, 1.82) is 0 Å². The Balaban J connectivity index is 1.70. The van der Waals surface area contributed by atoms with Crippen LogP contribution in [0.2, 0.25) is 0 Å². The third-order valence-corrected chi connectivity index (χ3v) is 4.66. The number of ether oxygens (including phenoxy) is 1. The van der Waals surface area contributed by atoms with Crippen LogP contribution in [0, 0.1) is 6.92 Å². The van der Waals surface area contributed by atoms with Gasteiger partial charge in [0.2, 0.25) is 0 Å². The lowest BCUT2D eigenvalue weighted by atomic mass is 10.1. The highest BCUT2D eigenvalue weighted by Crippen LogP contribution is 2.28. The topological polar surface area (TPSA) is 81.6 Å². The number of nitrogens with zero attached hydrogens (tertiary/aromatic N) is 2. The molecule has 1 fully saturated rings. The average molecular weight is 329 g/mol. The molecule has 0 bridgehead atoms. The van der Waals surface area contributed by atoms with Gasteiger partial charge in [0.15, 0.2) is 5.76 Å². The molecule has 1 aliphatic rings. The average Bonchev–Trinajstić information content (AvgIpc) is 3.23.